The van der Waals surface area contributed by atoms with E-state index in [1.807, 2.05) is 55.6 Å². The van der Waals surface area contributed by atoms with Crippen LogP contribution in [-0.4, -0.2) is 55.2 Å². The number of carbonyl (C=O) groups is 2. The molecule has 196 valence electrons. The first kappa shape index (κ1) is 26.7. The van der Waals surface area contributed by atoms with Crippen molar-refractivity contribution in [3.8, 4) is 5.75 Å². The first-order valence-electron chi connectivity index (χ1n) is 12.4. The number of nitrogens with one attached hydrogen (secondary N) is 2. The lowest BCUT2D eigenvalue weighted by atomic mass is 10.1. The Hall–Kier alpha value is -4.40. The lowest BCUT2D eigenvalue weighted by Crippen LogP contribution is -2.28. The predicted molar refractivity (Wildman–Crippen MR) is 146 cm³/mol. The van der Waals surface area contributed by atoms with Crippen LogP contribution in [-0.2, 0) is 11.2 Å². The Balaban J connectivity index is 1.36. The normalized spacial score (nSPS) is 11.5. The standard InChI is InChI=1S/C30H31N3O5/c1-33(17-15-22-7-3-2-4-8-22)21-25(28-19-24-9-5-6-10-27(24)38-28)20-29(34)31-16-18-37-26-13-11-23(12-14-26)30(35)32-36/h2-14,19-20,36H,15-18,21H2,1H3,(H,31,34)(H,32,35)/b25-20+. The number of hydrogen-bond donors (Lipinski definition) is 3. The summed E-state index contributed by atoms with van der Waals surface area (Å²) in [5.41, 5.74) is 4.72. The molecule has 0 saturated heterocycles. The summed E-state index contributed by atoms with van der Waals surface area (Å²) in [5, 5.41) is 12.5. The van der Waals surface area contributed by atoms with E-state index in [4.69, 9.17) is 14.4 Å². The molecule has 0 unspecified atom stereocenters. The van der Waals surface area contributed by atoms with Gasteiger partial charge in [-0.05, 0) is 55.4 Å². The Morgan fingerprint density at radius 3 is 2.47 bits per heavy atom. The highest BCUT2D eigenvalue weighted by Crippen LogP contribution is 2.25. The van der Waals surface area contributed by atoms with Crippen molar-refractivity contribution in [1.82, 2.24) is 15.7 Å². The van der Waals surface area contributed by atoms with Crippen molar-refractivity contribution in [2.75, 3.05) is 33.3 Å². The molecule has 0 aliphatic carbocycles. The molecule has 0 atom stereocenters. The number of rotatable bonds is 12. The molecule has 3 aromatic carbocycles. The smallest absolute Gasteiger partial charge is 0.274 e. The molecule has 0 aliphatic rings. The van der Waals surface area contributed by atoms with Gasteiger partial charge in [-0.2, -0.15) is 0 Å². The lowest BCUT2D eigenvalue weighted by molar-refractivity contribution is -0.116. The molecule has 0 radical (unpaired) electrons. The van der Waals surface area contributed by atoms with Gasteiger partial charge < -0.3 is 19.4 Å². The number of carbonyl (C=O) groups excluding carboxylic acids is 2. The lowest BCUT2D eigenvalue weighted by Gasteiger charge is -2.18. The van der Waals surface area contributed by atoms with Crippen LogP contribution in [0.2, 0.25) is 0 Å². The zero-order chi connectivity index (χ0) is 26.7. The van der Waals surface area contributed by atoms with Crippen molar-refractivity contribution >= 4 is 28.4 Å². The topological polar surface area (TPSA) is 104 Å². The van der Waals surface area contributed by atoms with Gasteiger partial charge in [0.1, 0.15) is 23.7 Å². The average Bonchev–Trinajstić information content (AvgIpc) is 3.39. The van der Waals surface area contributed by atoms with Gasteiger partial charge in [-0.25, -0.2) is 5.48 Å². The monoisotopic (exact) mass is 513 g/mol. The molecular formula is C30H31N3O5. The first-order valence-corrected chi connectivity index (χ1v) is 12.4. The Labute approximate surface area is 221 Å². The fraction of sp³-hybridized carbons (Fsp3) is 0.200. The fourth-order valence-electron chi connectivity index (χ4n) is 3.99. The van der Waals surface area contributed by atoms with E-state index in [0.717, 1.165) is 29.5 Å². The summed E-state index contributed by atoms with van der Waals surface area (Å²) in [4.78, 5) is 26.4. The van der Waals surface area contributed by atoms with Crippen LogP contribution in [0.3, 0.4) is 0 Å². The number of likely N-dealkylation sites (N-methyl/N-ethyl adjacent to an activating group) is 1. The number of fused-ring (bicyclic) bond motifs is 1. The van der Waals surface area contributed by atoms with Crippen molar-refractivity contribution in [3.63, 3.8) is 0 Å². The molecule has 8 heteroatoms. The number of furan rings is 1. The molecule has 0 bridgehead atoms. The van der Waals surface area contributed by atoms with Crippen LogP contribution in [0.1, 0.15) is 21.7 Å². The molecule has 8 nitrogen and oxygen atoms in total. The van der Waals surface area contributed by atoms with Gasteiger partial charge in [-0.15, -0.1) is 0 Å². The highest BCUT2D eigenvalue weighted by atomic mass is 16.5. The Kier molecular flexibility index (Phi) is 9.28. The molecule has 38 heavy (non-hydrogen) atoms. The Morgan fingerprint density at radius 2 is 1.74 bits per heavy atom. The Bertz CT molecular complexity index is 1350. The predicted octanol–water partition coefficient (Wildman–Crippen LogP) is 4.30. The zero-order valence-electron chi connectivity index (χ0n) is 21.2. The SMILES string of the molecule is CN(CCc1ccccc1)C/C(=C\C(=O)NCCOc1ccc(C(=O)NO)cc1)c1cc2ccccc2o1. The number of para-hydroxylation sites is 1. The van der Waals surface area contributed by atoms with Crippen LogP contribution in [0.25, 0.3) is 16.5 Å². The molecule has 1 heterocycles. The van der Waals surface area contributed by atoms with Gasteiger partial charge in [0.25, 0.3) is 5.91 Å². The van der Waals surface area contributed by atoms with E-state index >= 15 is 0 Å². The summed E-state index contributed by atoms with van der Waals surface area (Å²) in [6, 6.07) is 26.4. The minimum atomic E-state index is -0.596. The van der Waals surface area contributed by atoms with Gasteiger partial charge in [-0.1, -0.05) is 48.5 Å². The minimum absolute atomic E-state index is 0.240. The van der Waals surface area contributed by atoms with Gasteiger partial charge in [0, 0.05) is 35.7 Å². The number of hydrogen-bond acceptors (Lipinski definition) is 6. The van der Waals surface area contributed by atoms with Crippen LogP contribution in [0, 0.1) is 0 Å². The molecule has 1 aromatic heterocycles. The van der Waals surface area contributed by atoms with Crippen LogP contribution in [0.15, 0.2) is 95.4 Å². The van der Waals surface area contributed by atoms with E-state index in [0.29, 0.717) is 30.2 Å². The van der Waals surface area contributed by atoms with Crippen LogP contribution >= 0.6 is 0 Å². The molecule has 0 spiro atoms. The number of ether oxygens (including phenoxy) is 1. The van der Waals surface area contributed by atoms with Gasteiger partial charge in [0.05, 0.1) is 6.54 Å². The Morgan fingerprint density at radius 1 is 1.00 bits per heavy atom. The molecule has 4 rings (SSSR count). The summed E-state index contributed by atoms with van der Waals surface area (Å²) in [5.74, 6) is 0.375. The highest BCUT2D eigenvalue weighted by Gasteiger charge is 2.14. The molecule has 4 aromatic rings. The van der Waals surface area contributed by atoms with Crippen LogP contribution in [0.4, 0.5) is 0 Å². The minimum Gasteiger partial charge on any atom is -0.492 e. The second-order valence-electron chi connectivity index (χ2n) is 8.90. The maximum atomic E-state index is 12.8. The fourth-order valence-corrected chi connectivity index (χ4v) is 3.99. The summed E-state index contributed by atoms with van der Waals surface area (Å²) in [6.45, 7) is 1.92. The van der Waals surface area contributed by atoms with E-state index in [1.165, 1.54) is 17.7 Å². The van der Waals surface area contributed by atoms with Crippen LogP contribution in [0.5, 0.6) is 5.75 Å². The van der Waals surface area contributed by atoms with E-state index in [2.05, 4.69) is 22.3 Å². The third-order valence-corrected chi connectivity index (χ3v) is 6.00. The highest BCUT2D eigenvalue weighted by molar-refractivity contribution is 5.96. The van der Waals surface area contributed by atoms with E-state index in [1.54, 1.807) is 23.7 Å². The third kappa shape index (κ3) is 7.55. The molecular weight excluding hydrogens is 482 g/mol. The molecule has 0 aliphatic heterocycles. The zero-order valence-corrected chi connectivity index (χ0v) is 21.2. The molecule has 3 N–H and O–H groups in total. The second-order valence-corrected chi connectivity index (χ2v) is 8.90. The van der Waals surface area contributed by atoms with E-state index < -0.39 is 5.91 Å². The van der Waals surface area contributed by atoms with Gasteiger partial charge in [0.2, 0.25) is 5.91 Å². The van der Waals surface area contributed by atoms with Crippen molar-refractivity contribution in [1.29, 1.82) is 0 Å². The van der Waals surface area contributed by atoms with Crippen molar-refractivity contribution in [2.45, 2.75) is 6.42 Å². The number of nitrogens with zero attached hydrogens (tertiary/aromatic N) is 1. The van der Waals surface area contributed by atoms with E-state index in [-0.39, 0.29) is 12.5 Å². The maximum absolute atomic E-state index is 12.8. The summed E-state index contributed by atoms with van der Waals surface area (Å²) < 4.78 is 11.7. The van der Waals surface area contributed by atoms with E-state index in [9.17, 15) is 9.59 Å². The maximum Gasteiger partial charge on any atom is 0.274 e. The molecule has 0 saturated carbocycles. The van der Waals surface area contributed by atoms with Gasteiger partial charge in [-0.3, -0.25) is 14.8 Å². The third-order valence-electron chi connectivity index (χ3n) is 6.00. The quantitative estimate of drug-likeness (QED) is 0.113. The number of amides is 2. The van der Waals surface area contributed by atoms with Gasteiger partial charge in [0.15, 0.2) is 0 Å². The summed E-state index contributed by atoms with van der Waals surface area (Å²) >= 11 is 0. The molecule has 2 amide bonds. The second kappa shape index (κ2) is 13.2. The van der Waals surface area contributed by atoms with Crippen LogP contribution < -0.4 is 15.5 Å². The molecule has 0 fully saturated rings. The summed E-state index contributed by atoms with van der Waals surface area (Å²) in [7, 11) is 2.03. The average molecular weight is 514 g/mol. The number of hydroxylamine groups is 1. The largest absolute Gasteiger partial charge is 0.492 e. The van der Waals surface area contributed by atoms with Crippen molar-refractivity contribution < 1.29 is 24.0 Å². The summed E-state index contributed by atoms with van der Waals surface area (Å²) in [6.07, 6.45) is 2.49. The number of benzene rings is 3. The first-order chi connectivity index (χ1) is 18.5. The van der Waals surface area contributed by atoms with Crippen molar-refractivity contribution in [3.05, 3.63) is 108 Å². The van der Waals surface area contributed by atoms with Gasteiger partial charge >= 0.3 is 0 Å². The van der Waals surface area contributed by atoms with Crippen molar-refractivity contribution in [2.24, 2.45) is 0 Å².